The Balaban J connectivity index is 2.17. The largest absolute Gasteiger partial charge is 0.504 e. The normalized spacial score (nSPS) is 10.7. The summed E-state index contributed by atoms with van der Waals surface area (Å²) >= 11 is 0.905. The van der Waals surface area contributed by atoms with Crippen molar-refractivity contribution in [3.8, 4) is 11.5 Å². The van der Waals surface area contributed by atoms with Gasteiger partial charge in [-0.2, -0.15) is 10.1 Å². The molecule has 0 aliphatic rings. The Morgan fingerprint density at radius 1 is 1.48 bits per heavy atom. The molecule has 1 aromatic carbocycles. The molecule has 0 amide bonds. The molecule has 0 atom stereocenters. The van der Waals surface area contributed by atoms with Gasteiger partial charge in [0, 0.05) is 11.6 Å². The second kappa shape index (κ2) is 7.36. The first-order chi connectivity index (χ1) is 11.0. The molecule has 1 heterocycles. The topological polar surface area (TPSA) is 121 Å². The molecule has 0 bridgehead atoms. The van der Waals surface area contributed by atoms with E-state index in [0.29, 0.717) is 0 Å². The van der Waals surface area contributed by atoms with Crippen LogP contribution in [0, 0.1) is 0 Å². The molecule has 1 aromatic heterocycles. The summed E-state index contributed by atoms with van der Waals surface area (Å²) in [6.45, 7) is 1.85. The number of carbonyl (C=O) groups excluding carboxylic acids is 1. The number of ether oxygens (including phenoxy) is 1. The van der Waals surface area contributed by atoms with Crippen molar-refractivity contribution in [1.29, 1.82) is 0 Å². The standard InChI is InChI=1S/C14H13N3O5S/c1-2-22-13(21)10-6-11(19)16-14(23-10)17-15-7-8-4-3-5-9(18)12(8)20/h3-7,18,20H,2H2,1H3,(H,16,17,19). The maximum absolute atomic E-state index is 11.6. The van der Waals surface area contributed by atoms with Crippen LogP contribution in [0.3, 0.4) is 0 Å². The highest BCUT2D eigenvalue weighted by Crippen LogP contribution is 2.26. The maximum Gasteiger partial charge on any atom is 0.348 e. The minimum atomic E-state index is -0.616. The Kier molecular flexibility index (Phi) is 5.26. The molecule has 3 N–H and O–H groups in total. The van der Waals surface area contributed by atoms with Crippen molar-refractivity contribution in [2.75, 3.05) is 12.0 Å². The van der Waals surface area contributed by atoms with Crippen molar-refractivity contribution >= 4 is 28.7 Å². The summed E-state index contributed by atoms with van der Waals surface area (Å²) in [5.74, 6) is -1.21. The molecule has 0 unspecified atom stereocenters. The highest BCUT2D eigenvalue weighted by molar-refractivity contribution is 7.17. The number of hydrazone groups is 1. The van der Waals surface area contributed by atoms with Crippen molar-refractivity contribution < 1.29 is 19.7 Å². The van der Waals surface area contributed by atoms with Crippen LogP contribution < -0.4 is 11.0 Å². The van der Waals surface area contributed by atoms with E-state index >= 15 is 0 Å². The first kappa shape index (κ1) is 16.4. The third-order valence-corrected chi connectivity index (χ3v) is 3.44. The molecule has 23 heavy (non-hydrogen) atoms. The minimum absolute atomic E-state index is 0.0939. The number of nitrogens with zero attached hydrogens (tertiary/aromatic N) is 2. The molecular weight excluding hydrogens is 322 g/mol. The molecule has 8 nitrogen and oxygen atoms in total. The molecule has 0 aliphatic carbocycles. The van der Waals surface area contributed by atoms with E-state index in [1.165, 1.54) is 24.4 Å². The van der Waals surface area contributed by atoms with Crippen molar-refractivity contribution in [2.45, 2.75) is 6.92 Å². The molecule has 9 heteroatoms. The van der Waals surface area contributed by atoms with Crippen LogP contribution in [0.1, 0.15) is 22.2 Å². The lowest BCUT2D eigenvalue weighted by Gasteiger charge is -2.03. The summed E-state index contributed by atoms with van der Waals surface area (Å²) in [5, 5.41) is 22.9. The van der Waals surface area contributed by atoms with Crippen LogP contribution in [0.15, 0.2) is 34.2 Å². The number of phenols is 2. The number of hydrogen-bond acceptors (Lipinski definition) is 9. The Morgan fingerprint density at radius 2 is 2.26 bits per heavy atom. The van der Waals surface area contributed by atoms with Crippen LogP contribution >= 0.6 is 11.3 Å². The van der Waals surface area contributed by atoms with Gasteiger partial charge in [0.05, 0.1) is 12.8 Å². The van der Waals surface area contributed by atoms with Crippen molar-refractivity contribution in [2.24, 2.45) is 5.10 Å². The van der Waals surface area contributed by atoms with Gasteiger partial charge in [0.15, 0.2) is 11.5 Å². The van der Waals surface area contributed by atoms with Gasteiger partial charge in [-0.25, -0.2) is 4.79 Å². The molecule has 0 radical (unpaired) electrons. The first-order valence-electron chi connectivity index (χ1n) is 6.50. The van der Waals surface area contributed by atoms with Gasteiger partial charge in [0.25, 0.3) is 5.56 Å². The number of carbonyl (C=O) groups is 1. The van der Waals surface area contributed by atoms with Gasteiger partial charge in [-0.05, 0) is 19.1 Å². The Bertz CT molecular complexity index is 803. The molecule has 0 spiro atoms. The number of phenolic OH excluding ortho intramolecular Hbond substituents is 2. The molecule has 120 valence electrons. The Morgan fingerprint density at radius 3 is 3.00 bits per heavy atom. The van der Waals surface area contributed by atoms with Crippen LogP contribution in [-0.4, -0.2) is 34.0 Å². The van der Waals surface area contributed by atoms with E-state index in [-0.39, 0.29) is 33.7 Å². The average Bonchev–Trinajstić information content (AvgIpc) is 2.51. The number of rotatable bonds is 5. The highest BCUT2D eigenvalue weighted by atomic mass is 32.1. The smallest absolute Gasteiger partial charge is 0.348 e. The quantitative estimate of drug-likeness (QED) is 0.328. The molecule has 2 rings (SSSR count). The van der Waals surface area contributed by atoms with Gasteiger partial charge in [-0.15, -0.1) is 0 Å². The number of anilines is 1. The Labute approximate surface area is 134 Å². The van der Waals surface area contributed by atoms with Crippen molar-refractivity contribution in [1.82, 2.24) is 4.98 Å². The van der Waals surface area contributed by atoms with Gasteiger partial charge in [-0.3, -0.25) is 10.2 Å². The average molecular weight is 335 g/mol. The van der Waals surface area contributed by atoms with E-state index in [2.05, 4.69) is 15.5 Å². The molecule has 2 aromatic rings. The molecule has 0 fully saturated rings. The summed E-state index contributed by atoms with van der Waals surface area (Å²) in [5.41, 5.74) is 2.16. The zero-order valence-corrected chi connectivity index (χ0v) is 12.8. The second-order valence-electron chi connectivity index (χ2n) is 4.17. The lowest BCUT2D eigenvalue weighted by Crippen LogP contribution is -2.11. The number of benzene rings is 1. The highest BCUT2D eigenvalue weighted by Gasteiger charge is 2.11. The van der Waals surface area contributed by atoms with Gasteiger partial charge >= 0.3 is 5.97 Å². The third-order valence-electron chi connectivity index (χ3n) is 2.56. The van der Waals surface area contributed by atoms with Crippen molar-refractivity contribution in [3.63, 3.8) is 0 Å². The lowest BCUT2D eigenvalue weighted by atomic mass is 10.2. The minimum Gasteiger partial charge on any atom is -0.504 e. The van der Waals surface area contributed by atoms with Crippen LogP contribution in [0.4, 0.5) is 5.13 Å². The van der Waals surface area contributed by atoms with Gasteiger partial charge in [0.2, 0.25) is 5.13 Å². The molecular formula is C14H13N3O5S. The third kappa shape index (κ3) is 4.27. The molecule has 0 saturated carbocycles. The summed E-state index contributed by atoms with van der Waals surface area (Å²) in [7, 11) is 0. The Hall–Kier alpha value is -2.94. The number of aromatic hydroxyl groups is 2. The number of nitrogens with one attached hydrogen (secondary N) is 1. The summed E-state index contributed by atoms with van der Waals surface area (Å²) < 4.78 is 4.82. The zero-order chi connectivity index (χ0) is 16.8. The SMILES string of the molecule is CCOC(=O)c1cc(=O)nc(NN=Cc2cccc(O)c2O)s1. The second-order valence-corrected chi connectivity index (χ2v) is 5.20. The summed E-state index contributed by atoms with van der Waals surface area (Å²) in [6.07, 6.45) is 1.24. The van der Waals surface area contributed by atoms with E-state index in [1.807, 2.05) is 0 Å². The summed E-state index contributed by atoms with van der Waals surface area (Å²) in [6, 6.07) is 5.48. The molecule has 0 saturated heterocycles. The molecule has 0 aliphatic heterocycles. The van der Waals surface area contributed by atoms with E-state index in [0.717, 1.165) is 17.4 Å². The van der Waals surface area contributed by atoms with E-state index in [4.69, 9.17) is 4.74 Å². The van der Waals surface area contributed by atoms with Crippen molar-refractivity contribution in [3.05, 3.63) is 45.1 Å². The monoisotopic (exact) mass is 335 g/mol. The van der Waals surface area contributed by atoms with Gasteiger partial charge < -0.3 is 14.9 Å². The summed E-state index contributed by atoms with van der Waals surface area (Å²) in [4.78, 5) is 26.9. The fourth-order valence-corrected chi connectivity index (χ4v) is 2.31. The number of hydrogen-bond donors (Lipinski definition) is 3. The van der Waals surface area contributed by atoms with Crippen LogP contribution in [0.25, 0.3) is 0 Å². The fraction of sp³-hybridized carbons (Fsp3) is 0.143. The lowest BCUT2D eigenvalue weighted by molar-refractivity contribution is 0.0531. The zero-order valence-electron chi connectivity index (χ0n) is 12.0. The fourth-order valence-electron chi connectivity index (χ4n) is 1.56. The number of aromatic nitrogens is 1. The van der Waals surface area contributed by atoms with Crippen LogP contribution in [0.5, 0.6) is 11.5 Å². The van der Waals surface area contributed by atoms with Crippen LogP contribution in [-0.2, 0) is 4.74 Å². The number of para-hydroxylation sites is 1. The maximum atomic E-state index is 11.6. The van der Waals surface area contributed by atoms with Gasteiger partial charge in [-0.1, -0.05) is 17.4 Å². The predicted molar refractivity (Wildman–Crippen MR) is 85.3 cm³/mol. The van der Waals surface area contributed by atoms with Crippen LogP contribution in [0.2, 0.25) is 0 Å². The van der Waals surface area contributed by atoms with E-state index < -0.39 is 11.5 Å². The van der Waals surface area contributed by atoms with Gasteiger partial charge in [0.1, 0.15) is 4.88 Å². The van der Waals surface area contributed by atoms with E-state index in [9.17, 15) is 19.8 Å². The van der Waals surface area contributed by atoms with E-state index in [1.54, 1.807) is 6.92 Å². The number of esters is 1. The predicted octanol–water partition coefficient (Wildman–Crippen LogP) is 1.54. The first-order valence-corrected chi connectivity index (χ1v) is 7.32.